The van der Waals surface area contributed by atoms with Crippen LogP contribution in [-0.4, -0.2) is 81.4 Å². The average molecular weight is 649 g/mol. The van der Waals surface area contributed by atoms with Crippen molar-refractivity contribution in [3.8, 4) is 0 Å². The molecule has 0 fully saturated rings. The number of carbonyl (C=O) groups excluding carboxylic acids is 2. The summed E-state index contributed by atoms with van der Waals surface area (Å²) >= 11 is 0. The molecule has 2 N–H and O–H groups in total. The van der Waals surface area contributed by atoms with Gasteiger partial charge in [0.15, 0.2) is 0 Å². The van der Waals surface area contributed by atoms with E-state index in [1.165, 1.54) is 30.3 Å². The van der Waals surface area contributed by atoms with E-state index in [0.717, 1.165) is 11.1 Å². The molecule has 0 spiro atoms. The van der Waals surface area contributed by atoms with E-state index in [2.05, 4.69) is 10.6 Å². The van der Waals surface area contributed by atoms with E-state index in [0.29, 0.717) is 0 Å². The molecule has 3 aromatic rings. The standard InChI is InChI=1S/C30H36N2O10S2/c1-23-6-10-27(11-7-23)43(35,36)41-20-18-39-16-14-31-29(33)25-4-3-5-26(22-25)30(34)32-15-17-40-19-21-42-44(37,38)28-12-8-24(2)9-13-28/h3-13,22H,14-21H2,1-2H3,(H,31,33)(H,32,34). The molecule has 0 atom stereocenters. The number of aryl methyl sites for hydroxylation is 2. The first-order valence-corrected chi connectivity index (χ1v) is 16.5. The van der Waals surface area contributed by atoms with Gasteiger partial charge in [-0.2, -0.15) is 16.8 Å². The number of rotatable bonds is 18. The summed E-state index contributed by atoms with van der Waals surface area (Å²) in [6.45, 7) is 3.96. The van der Waals surface area contributed by atoms with Crippen molar-refractivity contribution in [1.82, 2.24) is 10.6 Å². The van der Waals surface area contributed by atoms with E-state index < -0.39 is 32.1 Å². The Hall–Kier alpha value is -3.66. The zero-order valence-electron chi connectivity index (χ0n) is 24.5. The zero-order chi connectivity index (χ0) is 32.0. The summed E-state index contributed by atoms with van der Waals surface area (Å²) in [6.07, 6.45) is 0. The topological polar surface area (TPSA) is 163 Å². The Morgan fingerprint density at radius 2 is 0.955 bits per heavy atom. The first-order chi connectivity index (χ1) is 21.0. The minimum Gasteiger partial charge on any atom is -0.377 e. The maximum atomic E-state index is 12.5. The second-order valence-corrected chi connectivity index (χ2v) is 12.7. The first kappa shape index (κ1) is 34.8. The van der Waals surface area contributed by atoms with Crippen LogP contribution >= 0.6 is 0 Å². The largest absolute Gasteiger partial charge is 0.377 e. The molecule has 0 aliphatic heterocycles. The van der Waals surface area contributed by atoms with Crippen molar-refractivity contribution < 1.29 is 44.3 Å². The van der Waals surface area contributed by atoms with Gasteiger partial charge in [0.05, 0.1) is 49.4 Å². The van der Waals surface area contributed by atoms with Crippen molar-refractivity contribution in [3.63, 3.8) is 0 Å². The van der Waals surface area contributed by atoms with Gasteiger partial charge in [-0.15, -0.1) is 0 Å². The monoisotopic (exact) mass is 648 g/mol. The molecule has 0 aliphatic carbocycles. The van der Waals surface area contributed by atoms with Crippen LogP contribution in [0.3, 0.4) is 0 Å². The maximum absolute atomic E-state index is 12.5. The Bertz CT molecular complexity index is 1470. The summed E-state index contributed by atoms with van der Waals surface area (Å²) < 4.78 is 69.2. The quantitative estimate of drug-likeness (QED) is 0.155. The van der Waals surface area contributed by atoms with Gasteiger partial charge in [-0.3, -0.25) is 18.0 Å². The highest BCUT2D eigenvalue weighted by Gasteiger charge is 2.16. The molecule has 2 amide bonds. The second-order valence-electron chi connectivity index (χ2n) is 9.50. The fraction of sp³-hybridized carbons (Fsp3) is 0.333. The summed E-state index contributed by atoms with van der Waals surface area (Å²) in [5.74, 6) is -0.823. The number of hydrogen-bond acceptors (Lipinski definition) is 10. The smallest absolute Gasteiger partial charge is 0.297 e. The summed E-state index contributed by atoms with van der Waals surface area (Å²) in [4.78, 5) is 25.1. The van der Waals surface area contributed by atoms with Crippen molar-refractivity contribution in [1.29, 1.82) is 0 Å². The Kier molecular flexibility index (Phi) is 13.4. The predicted molar refractivity (Wildman–Crippen MR) is 161 cm³/mol. The number of ether oxygens (including phenoxy) is 2. The molecule has 0 saturated heterocycles. The second kappa shape index (κ2) is 17.0. The molecule has 3 aromatic carbocycles. The van der Waals surface area contributed by atoms with Crippen molar-refractivity contribution in [3.05, 3.63) is 95.1 Å². The van der Waals surface area contributed by atoms with E-state index in [1.54, 1.807) is 42.5 Å². The van der Waals surface area contributed by atoms with E-state index in [-0.39, 0.29) is 73.6 Å². The van der Waals surface area contributed by atoms with Gasteiger partial charge in [0.2, 0.25) is 0 Å². The van der Waals surface area contributed by atoms with Gasteiger partial charge in [-0.25, -0.2) is 0 Å². The highest BCUT2D eigenvalue weighted by molar-refractivity contribution is 7.87. The molecule has 238 valence electrons. The molecule has 3 rings (SSSR count). The highest BCUT2D eigenvalue weighted by atomic mass is 32.2. The van der Waals surface area contributed by atoms with Gasteiger partial charge in [0, 0.05) is 24.2 Å². The number of nitrogens with one attached hydrogen (secondary N) is 2. The van der Waals surface area contributed by atoms with Gasteiger partial charge < -0.3 is 20.1 Å². The molecule has 0 saturated carbocycles. The summed E-state index contributed by atoms with van der Waals surface area (Å²) in [6, 6.07) is 18.7. The van der Waals surface area contributed by atoms with Gasteiger partial charge in [0.1, 0.15) is 0 Å². The van der Waals surface area contributed by atoms with Crippen LogP contribution in [0.1, 0.15) is 31.8 Å². The van der Waals surface area contributed by atoms with Crippen LogP contribution in [0.15, 0.2) is 82.6 Å². The SMILES string of the molecule is Cc1ccc(S(=O)(=O)OCCOCCNC(=O)c2cccc(C(=O)NCCOCCOS(=O)(=O)c3ccc(C)cc3)c2)cc1. The minimum atomic E-state index is -3.87. The highest BCUT2D eigenvalue weighted by Crippen LogP contribution is 2.14. The molecule has 0 heterocycles. The fourth-order valence-corrected chi connectivity index (χ4v) is 5.42. The number of carbonyl (C=O) groups is 2. The normalized spacial score (nSPS) is 11.7. The van der Waals surface area contributed by atoms with Crippen LogP contribution in [-0.2, 0) is 38.1 Å². The van der Waals surface area contributed by atoms with Crippen molar-refractivity contribution in [2.24, 2.45) is 0 Å². The molecule has 14 heteroatoms. The van der Waals surface area contributed by atoms with Crippen molar-refractivity contribution in [2.75, 3.05) is 52.7 Å². The molecule has 0 bridgehead atoms. The third kappa shape index (κ3) is 11.4. The Morgan fingerprint density at radius 3 is 1.34 bits per heavy atom. The molecule has 0 unspecified atom stereocenters. The van der Waals surface area contributed by atoms with Crippen molar-refractivity contribution >= 4 is 32.1 Å². The molecular formula is C30H36N2O10S2. The zero-order valence-corrected chi connectivity index (χ0v) is 26.1. The Morgan fingerprint density at radius 1 is 0.568 bits per heavy atom. The molecule has 0 radical (unpaired) electrons. The predicted octanol–water partition coefficient (Wildman–Crippen LogP) is 2.61. The van der Waals surface area contributed by atoms with Crippen LogP contribution in [0, 0.1) is 13.8 Å². The van der Waals surface area contributed by atoms with E-state index in [4.69, 9.17) is 17.8 Å². The van der Waals surface area contributed by atoms with E-state index in [1.807, 2.05) is 13.8 Å². The molecule has 12 nitrogen and oxygen atoms in total. The van der Waals surface area contributed by atoms with Crippen LogP contribution < -0.4 is 10.6 Å². The summed E-state index contributed by atoms with van der Waals surface area (Å²) in [5, 5.41) is 5.34. The third-order valence-electron chi connectivity index (χ3n) is 6.00. The lowest BCUT2D eigenvalue weighted by molar-refractivity contribution is 0.0873. The van der Waals surface area contributed by atoms with Crippen LogP contribution in [0.2, 0.25) is 0 Å². The van der Waals surface area contributed by atoms with Gasteiger partial charge >= 0.3 is 0 Å². The van der Waals surface area contributed by atoms with Crippen molar-refractivity contribution in [2.45, 2.75) is 23.6 Å². The van der Waals surface area contributed by atoms with Crippen LogP contribution in [0.4, 0.5) is 0 Å². The lowest BCUT2D eigenvalue weighted by Crippen LogP contribution is -2.29. The lowest BCUT2D eigenvalue weighted by Gasteiger charge is -2.10. The number of hydrogen-bond donors (Lipinski definition) is 2. The number of amides is 2. The molecule has 44 heavy (non-hydrogen) atoms. The molecule has 0 aromatic heterocycles. The molecular weight excluding hydrogens is 612 g/mol. The molecule has 0 aliphatic rings. The maximum Gasteiger partial charge on any atom is 0.297 e. The summed E-state index contributed by atoms with van der Waals surface area (Å²) in [7, 11) is -7.74. The van der Waals surface area contributed by atoms with E-state index >= 15 is 0 Å². The van der Waals surface area contributed by atoms with Crippen LogP contribution in [0.5, 0.6) is 0 Å². The summed E-state index contributed by atoms with van der Waals surface area (Å²) in [5.41, 5.74) is 2.41. The van der Waals surface area contributed by atoms with Gasteiger partial charge in [0.25, 0.3) is 32.1 Å². The minimum absolute atomic E-state index is 0.0138. The lowest BCUT2D eigenvalue weighted by atomic mass is 10.1. The fourth-order valence-electron chi connectivity index (χ4n) is 3.63. The van der Waals surface area contributed by atoms with E-state index in [9.17, 15) is 26.4 Å². The van der Waals surface area contributed by atoms with Gasteiger partial charge in [-0.1, -0.05) is 41.5 Å². The Labute approximate surface area is 257 Å². The third-order valence-corrected chi connectivity index (χ3v) is 8.66. The first-order valence-electron chi connectivity index (χ1n) is 13.7. The van der Waals surface area contributed by atoms with Gasteiger partial charge in [-0.05, 0) is 56.3 Å². The number of benzene rings is 3. The average Bonchev–Trinajstić information content (AvgIpc) is 3.00. The van der Waals surface area contributed by atoms with Crippen LogP contribution in [0.25, 0.3) is 0 Å². The Balaban J connectivity index is 1.28.